The molecule has 4 rings (SSSR count). The van der Waals surface area contributed by atoms with E-state index in [0.29, 0.717) is 22.6 Å². The minimum atomic E-state index is -3.84. The highest BCUT2D eigenvalue weighted by Gasteiger charge is 2.18. The first-order chi connectivity index (χ1) is 14.7. The number of fused-ring (bicyclic) bond motifs is 1. The Morgan fingerprint density at radius 1 is 0.935 bits per heavy atom. The monoisotopic (exact) mass is 437 g/mol. The lowest BCUT2D eigenvalue weighted by atomic mass is 10.2. The average Bonchev–Trinajstić information content (AvgIpc) is 2.71. The van der Waals surface area contributed by atoms with E-state index in [0.717, 1.165) is 5.56 Å². The number of rotatable bonds is 4. The molecule has 0 aliphatic rings. The zero-order valence-corrected chi connectivity index (χ0v) is 18.0. The molecule has 31 heavy (non-hydrogen) atoms. The molecule has 0 spiro atoms. The number of aryl methyl sites for hydroxylation is 3. The Labute approximate surface area is 179 Å². The second-order valence-corrected chi connectivity index (χ2v) is 9.03. The van der Waals surface area contributed by atoms with Gasteiger partial charge < -0.3 is 0 Å². The smallest absolute Gasteiger partial charge is 0.266 e. The predicted octanol–water partition coefficient (Wildman–Crippen LogP) is 4.25. The lowest BCUT2D eigenvalue weighted by Gasteiger charge is -2.13. The largest absolute Gasteiger partial charge is 0.280 e. The number of aromatic nitrogens is 2. The minimum Gasteiger partial charge on any atom is -0.280 e. The molecule has 0 fully saturated rings. The molecule has 1 heterocycles. The molecule has 6 nitrogen and oxygen atoms in total. The Kier molecular flexibility index (Phi) is 5.10. The van der Waals surface area contributed by atoms with E-state index in [9.17, 15) is 17.6 Å². The topological polar surface area (TPSA) is 81.1 Å². The first-order valence-corrected chi connectivity index (χ1v) is 11.0. The number of benzene rings is 3. The van der Waals surface area contributed by atoms with Crippen LogP contribution >= 0.6 is 0 Å². The second-order valence-electron chi connectivity index (χ2n) is 7.38. The fraction of sp³-hybridized carbons (Fsp3) is 0.130. The Bertz CT molecular complexity index is 1480. The molecule has 4 aromatic rings. The summed E-state index contributed by atoms with van der Waals surface area (Å²) in [5.41, 5.74) is 2.24. The van der Waals surface area contributed by atoms with Crippen LogP contribution in [-0.2, 0) is 10.0 Å². The van der Waals surface area contributed by atoms with Crippen molar-refractivity contribution in [3.05, 3.63) is 93.8 Å². The average molecular weight is 437 g/mol. The third kappa shape index (κ3) is 3.94. The van der Waals surface area contributed by atoms with Crippen LogP contribution in [0.25, 0.3) is 16.6 Å². The number of hydrogen-bond donors (Lipinski definition) is 1. The fourth-order valence-corrected chi connectivity index (χ4v) is 4.84. The summed E-state index contributed by atoms with van der Waals surface area (Å²) in [5.74, 6) is 0.0270. The normalized spacial score (nSPS) is 11.6. The molecule has 0 saturated carbocycles. The molecule has 3 aromatic carbocycles. The van der Waals surface area contributed by atoms with Gasteiger partial charge in [0.2, 0.25) is 0 Å². The summed E-state index contributed by atoms with van der Waals surface area (Å²) in [6, 6.07) is 15.3. The van der Waals surface area contributed by atoms with E-state index in [1.165, 1.54) is 34.9 Å². The second kappa shape index (κ2) is 7.63. The molecular formula is C23H20FN3O3S. The Balaban J connectivity index is 1.81. The van der Waals surface area contributed by atoms with Crippen LogP contribution < -0.4 is 10.3 Å². The molecule has 0 unspecified atom stereocenters. The first kappa shape index (κ1) is 20.7. The van der Waals surface area contributed by atoms with Gasteiger partial charge >= 0.3 is 0 Å². The zero-order chi connectivity index (χ0) is 22.3. The number of anilines is 1. The van der Waals surface area contributed by atoms with Gasteiger partial charge in [-0.3, -0.25) is 14.1 Å². The molecule has 1 N–H and O–H groups in total. The van der Waals surface area contributed by atoms with Crippen LogP contribution in [-0.4, -0.2) is 18.0 Å². The lowest BCUT2D eigenvalue weighted by Crippen LogP contribution is -2.22. The van der Waals surface area contributed by atoms with Gasteiger partial charge in [0.25, 0.3) is 15.6 Å². The maximum absolute atomic E-state index is 13.3. The van der Waals surface area contributed by atoms with Gasteiger partial charge in [0.05, 0.1) is 21.5 Å². The van der Waals surface area contributed by atoms with Gasteiger partial charge in [-0.2, -0.15) is 0 Å². The molecule has 0 atom stereocenters. The molecule has 0 amide bonds. The summed E-state index contributed by atoms with van der Waals surface area (Å²) in [6.07, 6.45) is 0. The van der Waals surface area contributed by atoms with Gasteiger partial charge in [-0.25, -0.2) is 17.8 Å². The molecule has 8 heteroatoms. The molecule has 158 valence electrons. The van der Waals surface area contributed by atoms with Crippen molar-refractivity contribution in [3.8, 4) is 5.69 Å². The van der Waals surface area contributed by atoms with Crippen molar-refractivity contribution in [1.82, 2.24) is 9.55 Å². The van der Waals surface area contributed by atoms with Crippen LogP contribution in [0.4, 0.5) is 10.1 Å². The molecule has 0 saturated heterocycles. The summed E-state index contributed by atoms with van der Waals surface area (Å²) in [7, 11) is -3.84. The quantitative estimate of drug-likeness (QED) is 0.518. The molecule has 0 radical (unpaired) electrons. The van der Waals surface area contributed by atoms with Gasteiger partial charge in [0, 0.05) is 5.69 Å². The summed E-state index contributed by atoms with van der Waals surface area (Å²) < 4.78 is 43.1. The standard InChI is InChI=1S/C23H20FN3O3S/c1-14-4-5-15(2)22(12-14)31(29,30)26-18-8-11-21-20(13-18)23(28)27(16(3)25-21)19-9-6-17(24)7-10-19/h4-13,26H,1-3H3. The van der Waals surface area contributed by atoms with E-state index in [2.05, 4.69) is 9.71 Å². The molecule has 0 aliphatic carbocycles. The third-order valence-electron chi connectivity index (χ3n) is 5.01. The highest BCUT2D eigenvalue weighted by atomic mass is 32.2. The summed E-state index contributed by atoms with van der Waals surface area (Å²) in [4.78, 5) is 17.8. The fourth-order valence-electron chi connectivity index (χ4n) is 3.46. The van der Waals surface area contributed by atoms with Crippen molar-refractivity contribution in [2.45, 2.75) is 25.7 Å². The van der Waals surface area contributed by atoms with Crippen molar-refractivity contribution in [1.29, 1.82) is 0 Å². The summed E-state index contributed by atoms with van der Waals surface area (Å²) >= 11 is 0. The Hall–Kier alpha value is -3.52. The number of sulfonamides is 1. The molecular weight excluding hydrogens is 417 g/mol. The summed E-state index contributed by atoms with van der Waals surface area (Å²) in [6.45, 7) is 5.23. The van der Waals surface area contributed by atoms with Crippen molar-refractivity contribution in [3.63, 3.8) is 0 Å². The highest BCUT2D eigenvalue weighted by molar-refractivity contribution is 7.92. The minimum absolute atomic E-state index is 0.179. The van der Waals surface area contributed by atoms with E-state index in [-0.39, 0.29) is 21.5 Å². The first-order valence-electron chi connectivity index (χ1n) is 9.55. The molecule has 0 aliphatic heterocycles. The maximum atomic E-state index is 13.3. The van der Waals surface area contributed by atoms with E-state index >= 15 is 0 Å². The number of halogens is 1. The third-order valence-corrected chi connectivity index (χ3v) is 6.53. The number of nitrogens with one attached hydrogen (secondary N) is 1. The van der Waals surface area contributed by atoms with Gasteiger partial charge in [0.15, 0.2) is 0 Å². The van der Waals surface area contributed by atoms with Crippen LogP contribution in [0.5, 0.6) is 0 Å². The molecule has 1 aromatic heterocycles. The zero-order valence-electron chi connectivity index (χ0n) is 17.2. The van der Waals surface area contributed by atoms with E-state index in [1.807, 2.05) is 13.0 Å². The van der Waals surface area contributed by atoms with Crippen molar-refractivity contribution >= 4 is 26.6 Å². The Morgan fingerprint density at radius 2 is 1.65 bits per heavy atom. The van der Waals surface area contributed by atoms with E-state index in [4.69, 9.17) is 0 Å². The van der Waals surface area contributed by atoms with Crippen molar-refractivity contribution in [2.24, 2.45) is 0 Å². The number of hydrogen-bond acceptors (Lipinski definition) is 4. The SMILES string of the molecule is Cc1ccc(C)c(S(=O)(=O)Nc2ccc3nc(C)n(-c4ccc(F)cc4)c(=O)c3c2)c1. The van der Waals surface area contributed by atoms with Crippen LogP contribution in [0.15, 0.2) is 70.4 Å². The van der Waals surface area contributed by atoms with Crippen molar-refractivity contribution in [2.75, 3.05) is 4.72 Å². The summed E-state index contributed by atoms with van der Waals surface area (Å²) in [5, 5.41) is 0.246. The maximum Gasteiger partial charge on any atom is 0.266 e. The van der Waals surface area contributed by atoms with Crippen LogP contribution in [0.1, 0.15) is 17.0 Å². The van der Waals surface area contributed by atoms with Gasteiger partial charge in [-0.15, -0.1) is 0 Å². The van der Waals surface area contributed by atoms with Crippen LogP contribution in [0.3, 0.4) is 0 Å². The van der Waals surface area contributed by atoms with Gasteiger partial charge in [-0.1, -0.05) is 12.1 Å². The predicted molar refractivity (Wildman–Crippen MR) is 119 cm³/mol. The van der Waals surface area contributed by atoms with E-state index < -0.39 is 15.8 Å². The van der Waals surface area contributed by atoms with E-state index in [1.54, 1.807) is 38.1 Å². The van der Waals surface area contributed by atoms with Gasteiger partial charge in [0.1, 0.15) is 11.6 Å². The van der Waals surface area contributed by atoms with Crippen LogP contribution in [0.2, 0.25) is 0 Å². The highest BCUT2D eigenvalue weighted by Crippen LogP contribution is 2.23. The van der Waals surface area contributed by atoms with Crippen molar-refractivity contribution < 1.29 is 12.8 Å². The molecule has 0 bridgehead atoms. The van der Waals surface area contributed by atoms with Crippen LogP contribution in [0, 0.1) is 26.6 Å². The number of nitrogens with zero attached hydrogens (tertiary/aromatic N) is 2. The Morgan fingerprint density at radius 3 is 2.35 bits per heavy atom. The lowest BCUT2D eigenvalue weighted by molar-refractivity contribution is 0.600. The van der Waals surface area contributed by atoms with Gasteiger partial charge in [-0.05, 0) is 80.4 Å².